The maximum absolute atomic E-state index is 11.9. The third kappa shape index (κ3) is 2.03. The van der Waals surface area contributed by atoms with Gasteiger partial charge < -0.3 is 4.98 Å². The highest BCUT2D eigenvalue weighted by Gasteiger charge is 2.11. The van der Waals surface area contributed by atoms with Crippen molar-refractivity contribution < 1.29 is 4.79 Å². The van der Waals surface area contributed by atoms with Gasteiger partial charge in [-0.3, -0.25) is 15.2 Å². The van der Waals surface area contributed by atoms with E-state index in [0.29, 0.717) is 10.8 Å². The van der Waals surface area contributed by atoms with Crippen LogP contribution in [-0.2, 0) is 0 Å². The fourth-order valence-corrected chi connectivity index (χ4v) is 2.39. The smallest absolute Gasteiger partial charge is 0.268 e. The van der Waals surface area contributed by atoms with Crippen molar-refractivity contribution in [2.24, 2.45) is 0 Å². The molecule has 90 valence electrons. The molecule has 3 aromatic heterocycles. The molecule has 0 spiro atoms. The molecule has 7 heteroatoms. The molecule has 1 amide bonds. The average Bonchev–Trinajstić information content (AvgIpc) is 3.11. The topological polar surface area (TPSA) is 86.5 Å². The molecule has 0 fully saturated rings. The molecule has 3 N–H and O–H groups in total. The zero-order valence-corrected chi connectivity index (χ0v) is 9.99. The number of rotatable bonds is 3. The third-order valence-electron chi connectivity index (χ3n) is 2.34. The van der Waals surface area contributed by atoms with Crippen LogP contribution in [0.4, 0.5) is 5.95 Å². The third-order valence-corrected chi connectivity index (χ3v) is 3.48. The molecular weight excluding hydrogens is 250 g/mol. The van der Waals surface area contributed by atoms with E-state index in [1.807, 2.05) is 6.07 Å². The van der Waals surface area contributed by atoms with Crippen molar-refractivity contribution in [1.29, 1.82) is 0 Å². The van der Waals surface area contributed by atoms with Gasteiger partial charge in [0.2, 0.25) is 5.95 Å². The summed E-state index contributed by atoms with van der Waals surface area (Å²) in [6, 6.07) is 3.68. The van der Waals surface area contributed by atoms with E-state index in [4.69, 9.17) is 0 Å². The van der Waals surface area contributed by atoms with Crippen LogP contribution in [0.15, 0.2) is 36.9 Å². The number of carbonyl (C=O) groups excluding carboxylic acids is 1. The number of nitrogens with one attached hydrogen (secondary N) is 3. The highest BCUT2D eigenvalue weighted by molar-refractivity contribution is 7.17. The van der Waals surface area contributed by atoms with Crippen molar-refractivity contribution >= 4 is 23.2 Å². The van der Waals surface area contributed by atoms with Gasteiger partial charge >= 0.3 is 0 Å². The van der Waals surface area contributed by atoms with Gasteiger partial charge in [-0.2, -0.15) is 5.10 Å². The summed E-state index contributed by atoms with van der Waals surface area (Å²) >= 11 is 1.41. The molecule has 0 aliphatic carbocycles. The number of thiophene rings is 1. The summed E-state index contributed by atoms with van der Waals surface area (Å²) in [7, 11) is 0. The Kier molecular flexibility index (Phi) is 2.66. The predicted octanol–water partition coefficient (Wildman–Crippen LogP) is 2.11. The lowest BCUT2D eigenvalue weighted by Gasteiger charge is -1.97. The van der Waals surface area contributed by atoms with Gasteiger partial charge in [0.05, 0.1) is 11.1 Å². The van der Waals surface area contributed by atoms with Crippen LogP contribution in [-0.4, -0.2) is 26.1 Å². The lowest BCUT2D eigenvalue weighted by Crippen LogP contribution is -2.10. The number of H-pyrrole nitrogens is 2. The Hall–Kier alpha value is -2.41. The number of carbonyl (C=O) groups is 1. The minimum absolute atomic E-state index is 0.176. The van der Waals surface area contributed by atoms with E-state index < -0.39 is 0 Å². The summed E-state index contributed by atoms with van der Waals surface area (Å²) in [5.41, 5.74) is 0.969. The van der Waals surface area contributed by atoms with Gasteiger partial charge in [0.15, 0.2) is 0 Å². The molecule has 3 heterocycles. The van der Waals surface area contributed by atoms with Gasteiger partial charge in [-0.1, -0.05) is 0 Å². The number of aromatic amines is 2. The Morgan fingerprint density at radius 1 is 1.39 bits per heavy atom. The quantitative estimate of drug-likeness (QED) is 0.673. The fraction of sp³-hybridized carbons (Fsp3) is 0. The van der Waals surface area contributed by atoms with E-state index in [-0.39, 0.29) is 5.91 Å². The Balaban J connectivity index is 1.79. The van der Waals surface area contributed by atoms with Crippen molar-refractivity contribution in [2.75, 3.05) is 5.32 Å². The van der Waals surface area contributed by atoms with E-state index in [9.17, 15) is 4.79 Å². The monoisotopic (exact) mass is 259 g/mol. The molecular formula is C11H9N5OS. The van der Waals surface area contributed by atoms with Crippen LogP contribution in [0.5, 0.6) is 0 Å². The molecule has 0 saturated carbocycles. The number of anilines is 1. The summed E-state index contributed by atoms with van der Waals surface area (Å²) < 4.78 is 0. The van der Waals surface area contributed by atoms with Crippen molar-refractivity contribution in [3.05, 3.63) is 41.8 Å². The molecule has 0 aromatic carbocycles. The molecule has 0 radical (unpaired) electrons. The molecule has 0 unspecified atom stereocenters. The second kappa shape index (κ2) is 4.46. The van der Waals surface area contributed by atoms with Gasteiger partial charge in [-0.25, -0.2) is 4.98 Å². The number of aromatic nitrogens is 4. The van der Waals surface area contributed by atoms with Crippen molar-refractivity contribution in [1.82, 2.24) is 20.2 Å². The van der Waals surface area contributed by atoms with Crippen LogP contribution in [0.2, 0.25) is 0 Å². The second-order valence-electron chi connectivity index (χ2n) is 3.54. The van der Waals surface area contributed by atoms with Crippen molar-refractivity contribution in [2.45, 2.75) is 0 Å². The van der Waals surface area contributed by atoms with Gasteiger partial charge in [-0.15, -0.1) is 11.3 Å². The minimum atomic E-state index is -0.176. The highest BCUT2D eigenvalue weighted by Crippen LogP contribution is 2.27. The molecule has 3 aromatic rings. The zero-order valence-electron chi connectivity index (χ0n) is 9.18. The van der Waals surface area contributed by atoms with Gasteiger partial charge in [0.1, 0.15) is 0 Å². The molecule has 0 bridgehead atoms. The van der Waals surface area contributed by atoms with Crippen LogP contribution < -0.4 is 5.32 Å². The van der Waals surface area contributed by atoms with E-state index in [1.54, 1.807) is 30.9 Å². The predicted molar refractivity (Wildman–Crippen MR) is 68.4 cm³/mol. The minimum Gasteiger partial charge on any atom is -0.331 e. The summed E-state index contributed by atoms with van der Waals surface area (Å²) in [6.07, 6.45) is 6.75. The van der Waals surface area contributed by atoms with Crippen molar-refractivity contribution in [3.8, 4) is 10.4 Å². The van der Waals surface area contributed by atoms with E-state index in [2.05, 4.69) is 25.5 Å². The number of hydrogen-bond donors (Lipinski definition) is 3. The number of imidazole rings is 1. The Morgan fingerprint density at radius 2 is 2.33 bits per heavy atom. The second-order valence-corrected chi connectivity index (χ2v) is 4.63. The van der Waals surface area contributed by atoms with Crippen LogP contribution in [0.1, 0.15) is 9.67 Å². The molecule has 18 heavy (non-hydrogen) atoms. The first-order valence-corrected chi connectivity index (χ1v) is 6.04. The van der Waals surface area contributed by atoms with Crippen molar-refractivity contribution in [3.63, 3.8) is 0 Å². The summed E-state index contributed by atoms with van der Waals surface area (Å²) in [5.74, 6) is 0.267. The van der Waals surface area contributed by atoms with E-state index in [0.717, 1.165) is 10.4 Å². The Morgan fingerprint density at radius 3 is 3.06 bits per heavy atom. The zero-order chi connectivity index (χ0) is 12.4. The van der Waals surface area contributed by atoms with E-state index in [1.165, 1.54) is 11.3 Å². The lowest BCUT2D eigenvalue weighted by atomic mass is 10.3. The van der Waals surface area contributed by atoms with Crippen LogP contribution in [0, 0.1) is 0 Å². The molecule has 0 atom stereocenters. The number of nitrogens with zero attached hydrogens (tertiary/aromatic N) is 2. The maximum atomic E-state index is 11.9. The average molecular weight is 259 g/mol. The first kappa shape index (κ1) is 10.7. The van der Waals surface area contributed by atoms with Gasteiger partial charge in [0.25, 0.3) is 5.91 Å². The standard InChI is InChI=1S/C11H9N5OS/c17-10(16-11-12-3-4-13-11)9-2-1-8(18-9)7-5-14-15-6-7/h1-6H,(H,14,15)(H2,12,13,16,17). The Bertz CT molecular complexity index is 641. The largest absolute Gasteiger partial charge is 0.331 e. The molecule has 3 rings (SSSR count). The molecule has 0 saturated heterocycles. The normalized spacial score (nSPS) is 10.4. The maximum Gasteiger partial charge on any atom is 0.268 e. The molecule has 0 aliphatic rings. The van der Waals surface area contributed by atoms with Crippen LogP contribution >= 0.6 is 11.3 Å². The number of hydrogen-bond acceptors (Lipinski definition) is 4. The summed E-state index contributed by atoms with van der Waals surface area (Å²) in [4.78, 5) is 20.3. The van der Waals surface area contributed by atoms with Gasteiger partial charge in [0, 0.05) is 29.0 Å². The molecule has 6 nitrogen and oxygen atoms in total. The van der Waals surface area contributed by atoms with Gasteiger partial charge in [-0.05, 0) is 12.1 Å². The number of amides is 1. The van der Waals surface area contributed by atoms with E-state index >= 15 is 0 Å². The van der Waals surface area contributed by atoms with Crippen LogP contribution in [0.3, 0.4) is 0 Å². The summed E-state index contributed by atoms with van der Waals surface area (Å²) in [5, 5.41) is 9.30. The SMILES string of the molecule is O=C(Nc1ncc[nH]1)c1ccc(-c2cn[nH]c2)s1. The Labute approximate surface area is 106 Å². The fourth-order valence-electron chi connectivity index (χ4n) is 1.50. The first-order valence-electron chi connectivity index (χ1n) is 5.22. The van der Waals surface area contributed by atoms with Crippen LogP contribution in [0.25, 0.3) is 10.4 Å². The lowest BCUT2D eigenvalue weighted by molar-refractivity contribution is 0.103. The molecule has 0 aliphatic heterocycles. The highest BCUT2D eigenvalue weighted by atomic mass is 32.1. The first-order chi connectivity index (χ1) is 8.83. The summed E-state index contributed by atoms with van der Waals surface area (Å²) in [6.45, 7) is 0.